The quantitative estimate of drug-likeness (QED) is 0.503. The lowest BCUT2D eigenvalue weighted by Gasteiger charge is -2.09. The first-order valence-corrected chi connectivity index (χ1v) is 9.02. The van der Waals surface area contributed by atoms with Crippen LogP contribution in [0.4, 0.5) is 14.5 Å². The Balaban J connectivity index is 1.40. The van der Waals surface area contributed by atoms with Gasteiger partial charge in [0.15, 0.2) is 11.7 Å². The summed E-state index contributed by atoms with van der Waals surface area (Å²) in [5.41, 5.74) is 1.13. The number of nitrogens with one attached hydrogen (secondary N) is 1. The zero-order chi connectivity index (χ0) is 20.2. The second kappa shape index (κ2) is 8.10. The highest BCUT2D eigenvalue weighted by Crippen LogP contribution is 2.24. The average Bonchev–Trinajstić information content (AvgIpc) is 3.41. The SMILES string of the molecule is O=C(CCc1ncc(-c2ccccc2F)o1)Nc1cc(-n2cccc2)ccc1F. The monoisotopic (exact) mass is 393 g/mol. The molecule has 5 nitrogen and oxygen atoms in total. The molecule has 1 amide bonds. The molecule has 0 unspecified atom stereocenters. The summed E-state index contributed by atoms with van der Waals surface area (Å²) < 4.78 is 35.2. The van der Waals surface area contributed by atoms with Crippen molar-refractivity contribution in [1.29, 1.82) is 0 Å². The lowest BCUT2D eigenvalue weighted by molar-refractivity contribution is -0.116. The van der Waals surface area contributed by atoms with Crippen molar-refractivity contribution in [2.24, 2.45) is 0 Å². The van der Waals surface area contributed by atoms with Gasteiger partial charge in [-0.1, -0.05) is 12.1 Å². The number of aromatic nitrogens is 2. The Morgan fingerprint density at radius 2 is 1.83 bits per heavy atom. The van der Waals surface area contributed by atoms with Crippen LogP contribution in [-0.4, -0.2) is 15.5 Å². The number of anilines is 1. The van der Waals surface area contributed by atoms with Gasteiger partial charge in [-0.15, -0.1) is 0 Å². The van der Waals surface area contributed by atoms with Crippen LogP contribution < -0.4 is 5.32 Å². The molecule has 0 bridgehead atoms. The molecule has 29 heavy (non-hydrogen) atoms. The summed E-state index contributed by atoms with van der Waals surface area (Å²) in [6.45, 7) is 0. The summed E-state index contributed by atoms with van der Waals surface area (Å²) in [4.78, 5) is 16.3. The van der Waals surface area contributed by atoms with Crippen LogP contribution in [0.2, 0.25) is 0 Å². The molecule has 4 aromatic rings. The number of halogens is 2. The highest BCUT2D eigenvalue weighted by Gasteiger charge is 2.13. The van der Waals surface area contributed by atoms with E-state index in [2.05, 4.69) is 10.3 Å². The molecule has 0 aliphatic carbocycles. The largest absolute Gasteiger partial charge is 0.441 e. The van der Waals surface area contributed by atoms with Crippen LogP contribution in [-0.2, 0) is 11.2 Å². The number of carbonyl (C=O) groups excluding carboxylic acids is 1. The summed E-state index contributed by atoms with van der Waals surface area (Å²) in [5.74, 6) is -0.707. The predicted molar refractivity (Wildman–Crippen MR) is 105 cm³/mol. The molecule has 146 valence electrons. The van der Waals surface area contributed by atoms with Crippen molar-refractivity contribution in [3.8, 4) is 17.0 Å². The third-order valence-electron chi connectivity index (χ3n) is 4.39. The van der Waals surface area contributed by atoms with Gasteiger partial charge < -0.3 is 14.3 Å². The van der Waals surface area contributed by atoms with Crippen LogP contribution in [0.5, 0.6) is 0 Å². The van der Waals surface area contributed by atoms with Gasteiger partial charge in [-0.25, -0.2) is 13.8 Å². The van der Waals surface area contributed by atoms with Crippen molar-refractivity contribution in [3.63, 3.8) is 0 Å². The number of hydrogen-bond donors (Lipinski definition) is 1. The Kier molecular flexibility index (Phi) is 5.20. The molecule has 4 rings (SSSR count). The summed E-state index contributed by atoms with van der Waals surface area (Å²) >= 11 is 0. The number of aryl methyl sites for hydroxylation is 1. The van der Waals surface area contributed by atoms with E-state index in [1.165, 1.54) is 18.3 Å². The van der Waals surface area contributed by atoms with Gasteiger partial charge in [0.2, 0.25) is 5.91 Å². The standard InChI is InChI=1S/C22H17F2N3O2/c23-17-6-2-1-5-16(17)20-14-25-22(29-20)10-9-21(28)26-19-13-15(7-8-18(19)24)27-11-3-4-12-27/h1-8,11-14H,9-10H2,(H,26,28). The molecular formula is C22H17F2N3O2. The number of oxazole rings is 1. The van der Waals surface area contributed by atoms with E-state index in [1.54, 1.807) is 30.3 Å². The van der Waals surface area contributed by atoms with Crippen molar-refractivity contribution in [2.75, 3.05) is 5.32 Å². The first kappa shape index (κ1) is 18.6. The van der Waals surface area contributed by atoms with E-state index in [4.69, 9.17) is 4.42 Å². The molecule has 0 atom stereocenters. The number of benzene rings is 2. The smallest absolute Gasteiger partial charge is 0.224 e. The van der Waals surface area contributed by atoms with Gasteiger partial charge in [0.25, 0.3) is 0 Å². The lowest BCUT2D eigenvalue weighted by atomic mass is 10.2. The van der Waals surface area contributed by atoms with E-state index in [-0.39, 0.29) is 24.4 Å². The Morgan fingerprint density at radius 1 is 1.03 bits per heavy atom. The zero-order valence-electron chi connectivity index (χ0n) is 15.3. The fourth-order valence-electron chi connectivity index (χ4n) is 2.92. The van der Waals surface area contributed by atoms with Crippen molar-refractivity contribution in [3.05, 3.63) is 90.7 Å². The molecule has 0 fully saturated rings. The second-order valence-electron chi connectivity index (χ2n) is 6.40. The van der Waals surface area contributed by atoms with Crippen molar-refractivity contribution < 1.29 is 18.0 Å². The van der Waals surface area contributed by atoms with Gasteiger partial charge in [-0.2, -0.15) is 0 Å². The first-order valence-electron chi connectivity index (χ1n) is 9.02. The Morgan fingerprint density at radius 3 is 2.62 bits per heavy atom. The number of nitrogens with zero attached hydrogens (tertiary/aromatic N) is 2. The normalized spacial score (nSPS) is 10.8. The minimum atomic E-state index is -0.521. The molecule has 0 saturated heterocycles. The number of hydrogen-bond acceptors (Lipinski definition) is 3. The van der Waals surface area contributed by atoms with E-state index >= 15 is 0 Å². The maximum atomic E-state index is 14.1. The Labute approximate surface area is 165 Å². The summed E-state index contributed by atoms with van der Waals surface area (Å²) in [5, 5.41) is 2.57. The third kappa shape index (κ3) is 4.24. The minimum Gasteiger partial charge on any atom is -0.441 e. The van der Waals surface area contributed by atoms with Crippen molar-refractivity contribution in [2.45, 2.75) is 12.8 Å². The van der Waals surface area contributed by atoms with E-state index in [0.29, 0.717) is 17.2 Å². The van der Waals surface area contributed by atoms with Crippen LogP contribution in [0.15, 0.2) is 77.6 Å². The molecule has 2 aromatic heterocycles. The molecule has 0 aliphatic rings. The van der Waals surface area contributed by atoms with Crippen molar-refractivity contribution >= 4 is 11.6 Å². The van der Waals surface area contributed by atoms with Gasteiger partial charge in [0, 0.05) is 30.9 Å². The van der Waals surface area contributed by atoms with Gasteiger partial charge in [0.1, 0.15) is 11.6 Å². The summed E-state index contributed by atoms with van der Waals surface area (Å²) in [7, 11) is 0. The molecule has 1 N–H and O–H groups in total. The lowest BCUT2D eigenvalue weighted by Crippen LogP contribution is -2.14. The van der Waals surface area contributed by atoms with Gasteiger partial charge in [-0.05, 0) is 42.5 Å². The van der Waals surface area contributed by atoms with Gasteiger partial charge in [0.05, 0.1) is 17.4 Å². The summed E-state index contributed by atoms with van der Waals surface area (Å²) in [6, 6.07) is 14.4. The molecular weight excluding hydrogens is 376 g/mol. The average molecular weight is 393 g/mol. The fraction of sp³-hybridized carbons (Fsp3) is 0.0909. The highest BCUT2D eigenvalue weighted by atomic mass is 19.1. The van der Waals surface area contributed by atoms with Crippen LogP contribution >= 0.6 is 0 Å². The highest BCUT2D eigenvalue weighted by molar-refractivity contribution is 5.91. The molecule has 0 radical (unpaired) electrons. The van der Waals surface area contributed by atoms with Crippen LogP contribution in [0, 0.1) is 11.6 Å². The van der Waals surface area contributed by atoms with E-state index in [1.807, 2.05) is 29.1 Å². The van der Waals surface area contributed by atoms with E-state index < -0.39 is 11.6 Å². The van der Waals surface area contributed by atoms with E-state index in [9.17, 15) is 13.6 Å². The van der Waals surface area contributed by atoms with Crippen LogP contribution in [0.3, 0.4) is 0 Å². The molecule has 0 saturated carbocycles. The Bertz CT molecular complexity index is 1140. The maximum absolute atomic E-state index is 14.1. The van der Waals surface area contributed by atoms with Gasteiger partial charge >= 0.3 is 0 Å². The minimum absolute atomic E-state index is 0.0460. The zero-order valence-corrected chi connectivity index (χ0v) is 15.3. The number of carbonyl (C=O) groups is 1. The van der Waals surface area contributed by atoms with Crippen LogP contribution in [0.1, 0.15) is 12.3 Å². The molecule has 7 heteroatoms. The van der Waals surface area contributed by atoms with Gasteiger partial charge in [-0.3, -0.25) is 4.79 Å². The third-order valence-corrected chi connectivity index (χ3v) is 4.39. The van der Waals surface area contributed by atoms with Crippen molar-refractivity contribution in [1.82, 2.24) is 9.55 Å². The Hall–Kier alpha value is -3.74. The molecule has 2 aromatic carbocycles. The molecule has 0 spiro atoms. The molecule has 0 aliphatic heterocycles. The van der Waals surface area contributed by atoms with E-state index in [0.717, 1.165) is 5.69 Å². The number of amides is 1. The predicted octanol–water partition coefficient (Wildman–Crippen LogP) is 4.98. The summed E-state index contributed by atoms with van der Waals surface area (Å²) in [6.07, 6.45) is 5.33. The topological polar surface area (TPSA) is 60.1 Å². The second-order valence-corrected chi connectivity index (χ2v) is 6.40. The molecule has 2 heterocycles. The number of rotatable bonds is 6. The fourth-order valence-corrected chi connectivity index (χ4v) is 2.92. The van der Waals surface area contributed by atoms with Crippen LogP contribution in [0.25, 0.3) is 17.0 Å². The maximum Gasteiger partial charge on any atom is 0.224 e. The first-order chi connectivity index (χ1) is 14.1.